The number of pyridine rings is 1. The van der Waals surface area contributed by atoms with Crippen molar-refractivity contribution in [3.8, 4) is 11.1 Å². The number of aromatic amines is 1. The van der Waals surface area contributed by atoms with E-state index in [2.05, 4.69) is 20.6 Å². The van der Waals surface area contributed by atoms with Crippen LogP contribution in [0.1, 0.15) is 5.56 Å². The summed E-state index contributed by atoms with van der Waals surface area (Å²) in [6, 6.07) is 7.37. The van der Waals surface area contributed by atoms with Crippen LogP contribution in [0.2, 0.25) is 0 Å². The molecule has 0 atom stereocenters. The zero-order valence-corrected chi connectivity index (χ0v) is 12.2. The highest BCUT2D eigenvalue weighted by Crippen LogP contribution is 2.33. The second-order valence-corrected chi connectivity index (χ2v) is 5.25. The van der Waals surface area contributed by atoms with E-state index in [4.69, 9.17) is 0 Å². The van der Waals surface area contributed by atoms with Crippen LogP contribution in [0, 0.1) is 12.7 Å². The number of hydrogen-bond donors (Lipinski definition) is 2. The Morgan fingerprint density at radius 3 is 2.95 bits per heavy atom. The topological polar surface area (TPSA) is 58.0 Å². The lowest BCUT2D eigenvalue weighted by atomic mass is 9.97. The van der Waals surface area contributed by atoms with Crippen LogP contribution in [0.15, 0.2) is 36.7 Å². The van der Waals surface area contributed by atoms with E-state index in [0.29, 0.717) is 11.1 Å². The van der Waals surface area contributed by atoms with E-state index in [1.54, 1.807) is 17.6 Å². The second kappa shape index (κ2) is 4.56. The van der Waals surface area contributed by atoms with Gasteiger partial charge in [0, 0.05) is 24.7 Å². The van der Waals surface area contributed by atoms with Crippen LogP contribution in [0.5, 0.6) is 0 Å². The SMILES string of the molecule is CNc1cc2cc(-c3c(C)c(F)cc4[nH]ncc34)ccn2n1. The first kappa shape index (κ1) is 12.8. The summed E-state index contributed by atoms with van der Waals surface area (Å²) in [7, 11) is 1.83. The molecule has 22 heavy (non-hydrogen) atoms. The molecular weight excluding hydrogens is 281 g/mol. The standard InChI is InChI=1S/C16H14FN5/c1-9-13(17)7-14-12(8-19-20-14)16(9)10-3-4-22-11(5-10)6-15(18-2)21-22/h3-8H,1-2H3,(H,18,21)(H,19,20). The number of aromatic nitrogens is 4. The summed E-state index contributed by atoms with van der Waals surface area (Å²) in [5, 5.41) is 15.2. The molecule has 3 heterocycles. The largest absolute Gasteiger partial charge is 0.372 e. The Hall–Kier alpha value is -2.89. The van der Waals surface area contributed by atoms with Crippen LogP contribution in [0.3, 0.4) is 0 Å². The van der Waals surface area contributed by atoms with Gasteiger partial charge >= 0.3 is 0 Å². The third-order valence-electron chi connectivity index (χ3n) is 3.95. The first-order valence-corrected chi connectivity index (χ1v) is 6.97. The van der Waals surface area contributed by atoms with E-state index in [1.807, 2.05) is 31.4 Å². The van der Waals surface area contributed by atoms with Crippen LogP contribution >= 0.6 is 0 Å². The highest BCUT2D eigenvalue weighted by atomic mass is 19.1. The molecule has 0 aliphatic carbocycles. The molecule has 1 aromatic carbocycles. The minimum absolute atomic E-state index is 0.240. The van der Waals surface area contributed by atoms with Crippen molar-refractivity contribution in [2.75, 3.05) is 12.4 Å². The predicted molar refractivity (Wildman–Crippen MR) is 84.5 cm³/mol. The van der Waals surface area contributed by atoms with Gasteiger partial charge in [-0.15, -0.1) is 0 Å². The van der Waals surface area contributed by atoms with Crippen molar-refractivity contribution >= 4 is 22.2 Å². The molecule has 4 rings (SSSR count). The van der Waals surface area contributed by atoms with E-state index in [1.165, 1.54) is 6.07 Å². The van der Waals surface area contributed by atoms with Gasteiger partial charge in [0.1, 0.15) is 11.6 Å². The quantitative estimate of drug-likeness (QED) is 0.596. The number of nitrogens with one attached hydrogen (secondary N) is 2. The molecule has 6 heteroatoms. The number of H-pyrrole nitrogens is 1. The van der Waals surface area contributed by atoms with Gasteiger partial charge in [-0.3, -0.25) is 5.10 Å². The lowest BCUT2D eigenvalue weighted by Gasteiger charge is -2.09. The monoisotopic (exact) mass is 295 g/mol. The van der Waals surface area contributed by atoms with Gasteiger partial charge in [-0.05, 0) is 41.8 Å². The minimum atomic E-state index is -0.240. The molecule has 0 unspecified atom stereocenters. The first-order valence-electron chi connectivity index (χ1n) is 6.97. The number of fused-ring (bicyclic) bond motifs is 2. The van der Waals surface area contributed by atoms with Crippen molar-refractivity contribution in [2.45, 2.75) is 6.92 Å². The summed E-state index contributed by atoms with van der Waals surface area (Å²) < 4.78 is 16.0. The Balaban J connectivity index is 2.01. The van der Waals surface area contributed by atoms with E-state index < -0.39 is 0 Å². The summed E-state index contributed by atoms with van der Waals surface area (Å²) in [4.78, 5) is 0. The molecule has 110 valence electrons. The van der Waals surface area contributed by atoms with Crippen LogP contribution in [-0.4, -0.2) is 26.9 Å². The second-order valence-electron chi connectivity index (χ2n) is 5.25. The normalized spacial score (nSPS) is 11.4. The predicted octanol–water partition coefficient (Wildman–Crippen LogP) is 3.37. The average molecular weight is 295 g/mol. The van der Waals surface area contributed by atoms with Gasteiger partial charge in [-0.25, -0.2) is 8.91 Å². The van der Waals surface area contributed by atoms with E-state index in [-0.39, 0.29) is 5.82 Å². The smallest absolute Gasteiger partial charge is 0.148 e. The lowest BCUT2D eigenvalue weighted by Crippen LogP contribution is -1.93. The number of anilines is 1. The Morgan fingerprint density at radius 2 is 2.14 bits per heavy atom. The van der Waals surface area contributed by atoms with Crippen LogP contribution in [0.25, 0.3) is 27.5 Å². The summed E-state index contributed by atoms with van der Waals surface area (Å²) >= 11 is 0. The molecule has 0 saturated heterocycles. The third-order valence-corrected chi connectivity index (χ3v) is 3.95. The van der Waals surface area contributed by atoms with Crippen LogP contribution in [-0.2, 0) is 0 Å². The van der Waals surface area contributed by atoms with Gasteiger partial charge in [-0.1, -0.05) is 0 Å². The highest BCUT2D eigenvalue weighted by Gasteiger charge is 2.14. The number of nitrogens with zero attached hydrogens (tertiary/aromatic N) is 3. The van der Waals surface area contributed by atoms with Gasteiger partial charge in [0.15, 0.2) is 0 Å². The van der Waals surface area contributed by atoms with Crippen molar-refractivity contribution < 1.29 is 4.39 Å². The fraction of sp³-hybridized carbons (Fsp3) is 0.125. The van der Waals surface area contributed by atoms with Gasteiger partial charge in [-0.2, -0.15) is 10.2 Å². The van der Waals surface area contributed by atoms with Gasteiger partial charge < -0.3 is 5.32 Å². The molecule has 2 N–H and O–H groups in total. The van der Waals surface area contributed by atoms with Crippen LogP contribution < -0.4 is 5.32 Å². The summed E-state index contributed by atoms with van der Waals surface area (Å²) in [6.45, 7) is 1.79. The van der Waals surface area contributed by atoms with Gasteiger partial charge in [0.2, 0.25) is 0 Å². The third kappa shape index (κ3) is 1.77. The fourth-order valence-corrected chi connectivity index (χ4v) is 2.81. The molecule has 3 aromatic heterocycles. The molecule has 0 saturated carbocycles. The number of rotatable bonds is 2. The zero-order chi connectivity index (χ0) is 15.3. The zero-order valence-electron chi connectivity index (χ0n) is 12.2. The molecule has 0 bridgehead atoms. The molecule has 0 radical (unpaired) electrons. The number of hydrogen-bond acceptors (Lipinski definition) is 3. The van der Waals surface area contributed by atoms with Crippen molar-refractivity contribution in [2.24, 2.45) is 0 Å². The molecule has 0 aliphatic heterocycles. The fourth-order valence-electron chi connectivity index (χ4n) is 2.81. The van der Waals surface area contributed by atoms with Gasteiger partial charge in [0.05, 0.1) is 17.2 Å². The highest BCUT2D eigenvalue weighted by molar-refractivity contribution is 5.96. The van der Waals surface area contributed by atoms with E-state index in [0.717, 1.165) is 27.8 Å². The Morgan fingerprint density at radius 1 is 1.27 bits per heavy atom. The summed E-state index contributed by atoms with van der Waals surface area (Å²) in [6.07, 6.45) is 3.61. The maximum atomic E-state index is 14.2. The first-order chi connectivity index (χ1) is 10.7. The van der Waals surface area contributed by atoms with Crippen molar-refractivity contribution in [3.63, 3.8) is 0 Å². The molecule has 0 aliphatic rings. The molecule has 4 aromatic rings. The molecule has 0 fully saturated rings. The van der Waals surface area contributed by atoms with Crippen LogP contribution in [0.4, 0.5) is 10.2 Å². The Bertz CT molecular complexity index is 999. The van der Waals surface area contributed by atoms with Crippen molar-refractivity contribution in [1.82, 2.24) is 19.8 Å². The summed E-state index contributed by atoms with van der Waals surface area (Å²) in [5.41, 5.74) is 4.06. The minimum Gasteiger partial charge on any atom is -0.372 e. The van der Waals surface area contributed by atoms with Gasteiger partial charge in [0.25, 0.3) is 0 Å². The molecule has 0 amide bonds. The Labute approximate surface area is 125 Å². The van der Waals surface area contributed by atoms with E-state index >= 15 is 0 Å². The number of halogens is 1. The Kier molecular flexibility index (Phi) is 2.66. The lowest BCUT2D eigenvalue weighted by molar-refractivity contribution is 0.621. The van der Waals surface area contributed by atoms with Crippen molar-refractivity contribution in [1.29, 1.82) is 0 Å². The molecule has 0 spiro atoms. The molecular formula is C16H14FN5. The van der Waals surface area contributed by atoms with E-state index in [9.17, 15) is 4.39 Å². The summed E-state index contributed by atoms with van der Waals surface area (Å²) in [5.74, 6) is 0.553. The van der Waals surface area contributed by atoms with Crippen molar-refractivity contribution in [3.05, 3.63) is 48.0 Å². The maximum absolute atomic E-state index is 14.2. The number of benzene rings is 1. The maximum Gasteiger partial charge on any atom is 0.148 e. The average Bonchev–Trinajstić information content (AvgIpc) is 3.13. The molecule has 5 nitrogen and oxygen atoms in total.